The van der Waals surface area contributed by atoms with E-state index in [0.29, 0.717) is 5.69 Å². The average molecular weight is 355 g/mol. The molecule has 0 fully saturated rings. The molecule has 4 heterocycles. The van der Waals surface area contributed by atoms with Crippen LogP contribution >= 0.6 is 0 Å². The Labute approximate surface area is 152 Å². The second-order valence-corrected chi connectivity index (χ2v) is 6.76. The molecule has 0 aromatic carbocycles. The van der Waals surface area contributed by atoms with Crippen molar-refractivity contribution in [1.82, 2.24) is 34.0 Å². The molecule has 1 aliphatic heterocycles. The van der Waals surface area contributed by atoms with E-state index in [1.165, 1.54) is 0 Å². The molecule has 4 rings (SSSR count). The van der Waals surface area contributed by atoms with Crippen LogP contribution in [-0.2, 0) is 33.2 Å². The Bertz CT molecular complexity index is 878. The molecule has 3 aromatic rings. The molecule has 0 spiro atoms. The molecule has 0 bridgehead atoms. The van der Waals surface area contributed by atoms with Crippen molar-refractivity contribution < 1.29 is 5.11 Å². The van der Waals surface area contributed by atoms with Crippen molar-refractivity contribution in [3.8, 4) is 0 Å². The zero-order chi connectivity index (χ0) is 18.1. The average Bonchev–Trinajstić information content (AvgIpc) is 3.33. The fourth-order valence-electron chi connectivity index (χ4n) is 3.60. The Hall–Kier alpha value is -2.45. The summed E-state index contributed by atoms with van der Waals surface area (Å²) in [6.07, 6.45) is 5.86. The molecule has 26 heavy (non-hydrogen) atoms. The van der Waals surface area contributed by atoms with Gasteiger partial charge in [0, 0.05) is 51.8 Å². The van der Waals surface area contributed by atoms with E-state index < -0.39 is 6.10 Å². The molecule has 3 aromatic heterocycles. The maximum absolute atomic E-state index is 10.7. The van der Waals surface area contributed by atoms with Gasteiger partial charge in [-0.3, -0.25) is 14.3 Å². The van der Waals surface area contributed by atoms with Gasteiger partial charge in [-0.1, -0.05) is 0 Å². The summed E-state index contributed by atoms with van der Waals surface area (Å²) in [5.41, 5.74) is 2.56. The highest BCUT2D eigenvalue weighted by Gasteiger charge is 2.22. The smallest absolute Gasteiger partial charge is 0.139 e. The van der Waals surface area contributed by atoms with Crippen LogP contribution in [0.1, 0.15) is 42.4 Å². The summed E-state index contributed by atoms with van der Waals surface area (Å²) >= 11 is 0. The molecule has 1 aliphatic rings. The van der Waals surface area contributed by atoms with Gasteiger partial charge >= 0.3 is 0 Å². The summed E-state index contributed by atoms with van der Waals surface area (Å²) in [6, 6.07) is 3.84. The number of hydrogen-bond acceptors (Lipinski definition) is 5. The maximum Gasteiger partial charge on any atom is 0.139 e. The normalized spacial score (nSPS) is 16.4. The Kier molecular flexibility index (Phi) is 4.60. The van der Waals surface area contributed by atoms with Crippen LogP contribution in [0.25, 0.3) is 0 Å². The van der Waals surface area contributed by atoms with Crippen molar-refractivity contribution >= 4 is 0 Å². The number of aromatic nitrogens is 6. The van der Waals surface area contributed by atoms with Gasteiger partial charge in [0.1, 0.15) is 11.9 Å². The number of aryl methyl sites for hydroxylation is 3. The number of rotatable bonds is 5. The second-order valence-electron chi connectivity index (χ2n) is 6.76. The summed E-state index contributed by atoms with van der Waals surface area (Å²) in [5, 5.41) is 19.4. The highest BCUT2D eigenvalue weighted by atomic mass is 16.3. The second kappa shape index (κ2) is 7.05. The van der Waals surface area contributed by atoms with Crippen LogP contribution in [0.5, 0.6) is 0 Å². The monoisotopic (exact) mass is 355 g/mol. The first kappa shape index (κ1) is 17.0. The van der Waals surface area contributed by atoms with E-state index in [4.69, 9.17) is 0 Å². The minimum absolute atomic E-state index is 0.681. The predicted molar refractivity (Wildman–Crippen MR) is 96.1 cm³/mol. The van der Waals surface area contributed by atoms with Gasteiger partial charge < -0.3 is 9.67 Å². The van der Waals surface area contributed by atoms with E-state index in [1.807, 2.05) is 36.3 Å². The number of nitrogens with zero attached hydrogens (tertiary/aromatic N) is 7. The van der Waals surface area contributed by atoms with Crippen LogP contribution in [0.4, 0.5) is 0 Å². The summed E-state index contributed by atoms with van der Waals surface area (Å²) in [7, 11) is 1.83. The van der Waals surface area contributed by atoms with Gasteiger partial charge in [0.05, 0.1) is 23.6 Å². The third kappa shape index (κ3) is 3.17. The standard InChI is InChI=1S/C18H25N7O/c1-3-24-10-7-19-17(24)13-23-8-4-9-25-14(12-23)11-15(21-25)18(26)16-5-6-20-22(16)2/h5-7,10-11,18,26H,3-4,8-9,12-13H2,1-2H3. The molecule has 0 radical (unpaired) electrons. The highest BCUT2D eigenvalue weighted by Crippen LogP contribution is 2.23. The lowest BCUT2D eigenvalue weighted by molar-refractivity contribution is 0.203. The van der Waals surface area contributed by atoms with Gasteiger partial charge in [-0.25, -0.2) is 4.98 Å². The van der Waals surface area contributed by atoms with Crippen LogP contribution in [0.2, 0.25) is 0 Å². The van der Waals surface area contributed by atoms with E-state index in [-0.39, 0.29) is 0 Å². The Morgan fingerprint density at radius 3 is 2.92 bits per heavy atom. The van der Waals surface area contributed by atoms with Crippen molar-refractivity contribution in [2.45, 2.75) is 45.6 Å². The third-order valence-corrected chi connectivity index (χ3v) is 5.04. The summed E-state index contributed by atoms with van der Waals surface area (Å²) in [5.74, 6) is 1.09. The summed E-state index contributed by atoms with van der Waals surface area (Å²) in [4.78, 5) is 6.89. The van der Waals surface area contributed by atoms with Gasteiger partial charge in [0.2, 0.25) is 0 Å². The lowest BCUT2D eigenvalue weighted by Gasteiger charge is -2.19. The molecule has 138 valence electrons. The highest BCUT2D eigenvalue weighted by molar-refractivity contribution is 5.21. The number of imidazole rings is 1. The predicted octanol–water partition coefficient (Wildman–Crippen LogP) is 1.32. The lowest BCUT2D eigenvalue weighted by Crippen LogP contribution is -2.24. The molecule has 8 nitrogen and oxygen atoms in total. The van der Waals surface area contributed by atoms with Crippen LogP contribution in [0.15, 0.2) is 30.7 Å². The molecule has 0 amide bonds. The number of fused-ring (bicyclic) bond motifs is 1. The van der Waals surface area contributed by atoms with Crippen molar-refractivity contribution in [2.24, 2.45) is 7.05 Å². The van der Waals surface area contributed by atoms with Gasteiger partial charge in [-0.15, -0.1) is 0 Å². The molecular weight excluding hydrogens is 330 g/mol. The van der Waals surface area contributed by atoms with E-state index in [9.17, 15) is 5.11 Å². The largest absolute Gasteiger partial charge is 0.380 e. The fraction of sp³-hybridized carbons (Fsp3) is 0.500. The number of aliphatic hydroxyl groups excluding tert-OH is 1. The first-order valence-electron chi connectivity index (χ1n) is 9.10. The SMILES string of the molecule is CCn1ccnc1CN1CCCn2nc(C(O)c3ccnn3C)cc2C1. The van der Waals surface area contributed by atoms with Gasteiger partial charge in [0.25, 0.3) is 0 Å². The van der Waals surface area contributed by atoms with E-state index >= 15 is 0 Å². The van der Waals surface area contributed by atoms with E-state index in [0.717, 1.165) is 56.4 Å². The Morgan fingerprint density at radius 2 is 2.15 bits per heavy atom. The lowest BCUT2D eigenvalue weighted by atomic mass is 10.2. The molecule has 1 atom stereocenters. The zero-order valence-corrected chi connectivity index (χ0v) is 15.3. The van der Waals surface area contributed by atoms with Crippen molar-refractivity contribution in [3.05, 3.63) is 53.6 Å². The van der Waals surface area contributed by atoms with Gasteiger partial charge in [-0.2, -0.15) is 10.2 Å². The molecule has 1 N–H and O–H groups in total. The number of aliphatic hydroxyl groups is 1. The van der Waals surface area contributed by atoms with Crippen LogP contribution in [0.3, 0.4) is 0 Å². The first-order chi connectivity index (χ1) is 12.7. The van der Waals surface area contributed by atoms with E-state index in [2.05, 4.69) is 31.6 Å². The van der Waals surface area contributed by atoms with E-state index in [1.54, 1.807) is 10.9 Å². The minimum atomic E-state index is -0.755. The molecular formula is C18H25N7O. The maximum atomic E-state index is 10.7. The molecule has 1 unspecified atom stereocenters. The number of hydrogen-bond donors (Lipinski definition) is 1. The van der Waals surface area contributed by atoms with Crippen molar-refractivity contribution in [2.75, 3.05) is 6.54 Å². The molecule has 0 aliphatic carbocycles. The molecule has 0 saturated heterocycles. The van der Waals surface area contributed by atoms with Gasteiger partial charge in [0.15, 0.2) is 0 Å². The molecule has 0 saturated carbocycles. The Morgan fingerprint density at radius 1 is 1.27 bits per heavy atom. The topological polar surface area (TPSA) is 76.9 Å². The molecule has 8 heteroatoms. The minimum Gasteiger partial charge on any atom is -0.380 e. The van der Waals surface area contributed by atoms with Gasteiger partial charge in [-0.05, 0) is 25.5 Å². The quantitative estimate of drug-likeness (QED) is 0.747. The Balaban J connectivity index is 1.53. The fourth-order valence-corrected chi connectivity index (χ4v) is 3.60. The van der Waals surface area contributed by atoms with Crippen LogP contribution in [0, 0.1) is 0 Å². The van der Waals surface area contributed by atoms with Crippen LogP contribution < -0.4 is 0 Å². The third-order valence-electron chi connectivity index (χ3n) is 5.04. The van der Waals surface area contributed by atoms with Crippen molar-refractivity contribution in [1.29, 1.82) is 0 Å². The van der Waals surface area contributed by atoms with Crippen molar-refractivity contribution in [3.63, 3.8) is 0 Å². The summed E-state index contributed by atoms with van der Waals surface area (Å²) < 4.78 is 5.90. The first-order valence-corrected chi connectivity index (χ1v) is 9.10. The summed E-state index contributed by atoms with van der Waals surface area (Å²) in [6.45, 7) is 6.58. The zero-order valence-electron chi connectivity index (χ0n) is 15.3. The van der Waals surface area contributed by atoms with Crippen LogP contribution in [-0.4, -0.2) is 45.7 Å².